The van der Waals surface area contributed by atoms with Crippen molar-refractivity contribution in [3.8, 4) is 17.2 Å². The van der Waals surface area contributed by atoms with Crippen LogP contribution in [0.15, 0.2) is 42.0 Å². The lowest BCUT2D eigenvalue weighted by Crippen LogP contribution is -2.54. The molecule has 0 saturated carbocycles. The molecule has 2 amide bonds. The summed E-state index contributed by atoms with van der Waals surface area (Å²) in [6.07, 6.45) is 1.45. The normalized spacial score (nSPS) is 17.1. The molecule has 0 atom stereocenters. The van der Waals surface area contributed by atoms with Crippen molar-refractivity contribution in [2.45, 2.75) is 0 Å². The first-order valence-electron chi connectivity index (χ1n) is 8.12. The maximum Gasteiger partial charge on any atom is 0.270 e. The van der Waals surface area contributed by atoms with Crippen molar-refractivity contribution >= 4 is 52.5 Å². The van der Waals surface area contributed by atoms with E-state index in [0.29, 0.717) is 33.5 Å². The second-order valence-corrected chi connectivity index (χ2v) is 6.71. The minimum atomic E-state index is -0.586. The third-order valence-corrected chi connectivity index (χ3v) is 4.71. The molecule has 1 N–H and O–H groups in total. The molecule has 0 aromatic heterocycles. The molecule has 2 aliphatic rings. The number of carbonyl (C=O) groups is 2. The van der Waals surface area contributed by atoms with Crippen molar-refractivity contribution in [3.63, 3.8) is 0 Å². The van der Waals surface area contributed by atoms with Gasteiger partial charge in [-0.25, -0.2) is 0 Å². The van der Waals surface area contributed by atoms with Gasteiger partial charge < -0.3 is 14.2 Å². The number of rotatable bonds is 3. The van der Waals surface area contributed by atoms with E-state index in [2.05, 4.69) is 5.32 Å². The van der Waals surface area contributed by atoms with Crippen LogP contribution in [-0.4, -0.2) is 30.8 Å². The molecule has 2 heterocycles. The first-order chi connectivity index (χ1) is 13.5. The summed E-state index contributed by atoms with van der Waals surface area (Å²) in [7, 11) is 1.49. The number of methoxy groups -OCH3 is 1. The number of nitrogens with one attached hydrogen (secondary N) is 1. The lowest BCUT2D eigenvalue weighted by atomic mass is 10.1. The number of hydrogen-bond donors (Lipinski definition) is 1. The van der Waals surface area contributed by atoms with Crippen molar-refractivity contribution < 1.29 is 23.8 Å². The monoisotopic (exact) mass is 416 g/mol. The maximum atomic E-state index is 13.0. The predicted molar refractivity (Wildman–Crippen MR) is 107 cm³/mol. The number of halogens is 1. The highest BCUT2D eigenvalue weighted by Crippen LogP contribution is 2.42. The van der Waals surface area contributed by atoms with E-state index in [-0.39, 0.29) is 17.5 Å². The van der Waals surface area contributed by atoms with Gasteiger partial charge in [0.2, 0.25) is 12.5 Å². The maximum absolute atomic E-state index is 13.0. The molecule has 4 rings (SSSR count). The van der Waals surface area contributed by atoms with Gasteiger partial charge in [0, 0.05) is 5.02 Å². The van der Waals surface area contributed by atoms with Gasteiger partial charge in [-0.3, -0.25) is 19.8 Å². The predicted octanol–water partition coefficient (Wildman–Crippen LogP) is 2.91. The van der Waals surface area contributed by atoms with Crippen molar-refractivity contribution in [2.75, 3.05) is 18.8 Å². The van der Waals surface area contributed by atoms with Crippen LogP contribution in [-0.2, 0) is 9.59 Å². The zero-order chi connectivity index (χ0) is 19.8. The van der Waals surface area contributed by atoms with E-state index >= 15 is 0 Å². The number of amides is 2. The first kappa shape index (κ1) is 18.3. The fraction of sp³-hybridized carbons (Fsp3) is 0.105. The Bertz CT molecular complexity index is 1040. The summed E-state index contributed by atoms with van der Waals surface area (Å²) in [6, 6.07) is 9.87. The van der Waals surface area contributed by atoms with E-state index in [4.69, 9.17) is 38.0 Å². The molecule has 0 radical (unpaired) electrons. The topological polar surface area (TPSA) is 77.1 Å². The van der Waals surface area contributed by atoms with Gasteiger partial charge in [-0.05, 0) is 60.3 Å². The van der Waals surface area contributed by atoms with Gasteiger partial charge in [0.15, 0.2) is 16.6 Å². The zero-order valence-corrected chi connectivity index (χ0v) is 16.1. The average molecular weight is 417 g/mol. The van der Waals surface area contributed by atoms with E-state index in [9.17, 15) is 9.59 Å². The minimum Gasteiger partial charge on any atom is -0.493 e. The molecule has 28 heavy (non-hydrogen) atoms. The lowest BCUT2D eigenvalue weighted by Gasteiger charge is -2.29. The number of hydrogen-bond acceptors (Lipinski definition) is 6. The number of fused-ring (bicyclic) bond motifs is 1. The van der Waals surface area contributed by atoms with E-state index < -0.39 is 11.8 Å². The standard InChI is InChI=1S/C19H13ClN2O5S/c1-25-14-7-10(8-15-16(14)27-9-26-15)6-13-17(23)21-19(28)22(18(13)24)12-4-2-11(20)3-5-12/h2-8H,9H2,1H3,(H,21,23,28). The van der Waals surface area contributed by atoms with Crippen LogP contribution in [0.3, 0.4) is 0 Å². The average Bonchev–Trinajstić information content (AvgIpc) is 3.14. The van der Waals surface area contributed by atoms with E-state index in [1.54, 1.807) is 36.4 Å². The minimum absolute atomic E-state index is 0.00209. The molecule has 1 saturated heterocycles. The molecule has 0 bridgehead atoms. The highest BCUT2D eigenvalue weighted by atomic mass is 35.5. The summed E-state index contributed by atoms with van der Waals surface area (Å²) in [4.78, 5) is 26.7. The van der Waals surface area contributed by atoms with Crippen LogP contribution in [0.2, 0.25) is 5.02 Å². The number of carbonyl (C=O) groups excluding carboxylic acids is 2. The number of ether oxygens (including phenoxy) is 3. The summed E-state index contributed by atoms with van der Waals surface area (Å²) < 4.78 is 16.0. The second-order valence-electron chi connectivity index (χ2n) is 5.89. The van der Waals surface area contributed by atoms with E-state index in [1.807, 2.05) is 0 Å². The molecule has 2 aromatic carbocycles. The van der Waals surface area contributed by atoms with Gasteiger partial charge in [-0.15, -0.1) is 0 Å². The van der Waals surface area contributed by atoms with Gasteiger partial charge in [0.1, 0.15) is 5.57 Å². The van der Waals surface area contributed by atoms with E-state index in [0.717, 1.165) is 0 Å². The molecular formula is C19H13ClN2O5S. The summed E-state index contributed by atoms with van der Waals surface area (Å²) in [6.45, 7) is 0.0732. The molecule has 2 aliphatic heterocycles. The van der Waals surface area contributed by atoms with Crippen molar-refractivity contribution in [1.29, 1.82) is 0 Å². The Hall–Kier alpha value is -3.10. The van der Waals surface area contributed by atoms with E-state index in [1.165, 1.54) is 18.1 Å². The van der Waals surface area contributed by atoms with Gasteiger partial charge in [0.05, 0.1) is 12.8 Å². The van der Waals surface area contributed by atoms with Gasteiger partial charge >= 0.3 is 0 Å². The molecular weight excluding hydrogens is 404 g/mol. The first-order valence-corrected chi connectivity index (χ1v) is 8.91. The summed E-state index contributed by atoms with van der Waals surface area (Å²) in [5.41, 5.74) is 0.960. The zero-order valence-electron chi connectivity index (χ0n) is 14.5. The van der Waals surface area contributed by atoms with Crippen molar-refractivity contribution in [2.24, 2.45) is 0 Å². The molecule has 2 aromatic rings. The Morgan fingerprint density at radius 2 is 1.96 bits per heavy atom. The number of benzene rings is 2. The van der Waals surface area contributed by atoms with Crippen molar-refractivity contribution in [1.82, 2.24) is 5.32 Å². The molecule has 0 aliphatic carbocycles. The molecule has 1 fully saturated rings. The Balaban J connectivity index is 1.74. The van der Waals surface area contributed by atoms with Crippen LogP contribution in [0.4, 0.5) is 5.69 Å². The SMILES string of the molecule is COc1cc(C=C2C(=O)NC(=S)N(c3ccc(Cl)cc3)C2=O)cc2c1OCO2. The van der Waals surface area contributed by atoms with Crippen LogP contribution in [0.5, 0.6) is 17.2 Å². The Labute approximate surface area is 170 Å². The van der Waals surface area contributed by atoms with Crippen LogP contribution in [0.1, 0.15) is 5.56 Å². The number of anilines is 1. The largest absolute Gasteiger partial charge is 0.493 e. The molecule has 9 heteroatoms. The number of nitrogens with zero attached hydrogens (tertiary/aromatic N) is 1. The van der Waals surface area contributed by atoms with Crippen LogP contribution < -0.4 is 24.4 Å². The quantitative estimate of drug-likeness (QED) is 0.471. The summed E-state index contributed by atoms with van der Waals surface area (Å²) in [5.74, 6) is 0.258. The number of thiocarbonyl (C=S) groups is 1. The van der Waals surface area contributed by atoms with Crippen molar-refractivity contribution in [3.05, 3.63) is 52.6 Å². The fourth-order valence-electron chi connectivity index (χ4n) is 2.88. The van der Waals surface area contributed by atoms with Crippen LogP contribution in [0, 0.1) is 0 Å². The highest BCUT2D eigenvalue weighted by Gasteiger charge is 2.34. The van der Waals surface area contributed by atoms with Gasteiger partial charge in [-0.1, -0.05) is 11.6 Å². The third-order valence-electron chi connectivity index (χ3n) is 4.18. The molecule has 7 nitrogen and oxygen atoms in total. The highest BCUT2D eigenvalue weighted by molar-refractivity contribution is 7.80. The smallest absolute Gasteiger partial charge is 0.270 e. The summed E-state index contributed by atoms with van der Waals surface area (Å²) >= 11 is 11.1. The van der Waals surface area contributed by atoms with Crippen LogP contribution >= 0.6 is 23.8 Å². The Morgan fingerprint density at radius 1 is 1.21 bits per heavy atom. The Morgan fingerprint density at radius 3 is 2.68 bits per heavy atom. The van der Waals surface area contributed by atoms with Crippen LogP contribution in [0.25, 0.3) is 6.08 Å². The van der Waals surface area contributed by atoms with Gasteiger partial charge in [0.25, 0.3) is 11.8 Å². The second kappa shape index (κ2) is 7.14. The van der Waals surface area contributed by atoms with Gasteiger partial charge in [-0.2, -0.15) is 0 Å². The lowest BCUT2D eigenvalue weighted by molar-refractivity contribution is -0.122. The fourth-order valence-corrected chi connectivity index (χ4v) is 3.29. The summed E-state index contributed by atoms with van der Waals surface area (Å²) in [5, 5.41) is 3.05. The molecule has 142 valence electrons. The molecule has 0 unspecified atom stereocenters. The Kier molecular flexibility index (Phi) is 4.66. The third kappa shape index (κ3) is 3.17. The molecule has 0 spiro atoms.